The summed E-state index contributed by atoms with van der Waals surface area (Å²) in [5.74, 6) is 4.30. The molecular weight excluding hydrogens is 764 g/mol. The largest absolute Gasteiger partial charge is 0.394 e. The Morgan fingerprint density at radius 2 is 1.31 bits per heavy atom. The fourth-order valence-electron chi connectivity index (χ4n) is 13.0. The van der Waals surface area contributed by atoms with E-state index in [2.05, 4.69) is 40.7 Å². The van der Waals surface area contributed by atoms with Gasteiger partial charge >= 0.3 is 0 Å². The van der Waals surface area contributed by atoms with Crippen LogP contribution in [0.25, 0.3) is 0 Å². The molecule has 3 saturated carbocycles. The number of rotatable bonds is 12. The molecular formula is C45H76O14. The van der Waals surface area contributed by atoms with E-state index in [0.29, 0.717) is 23.7 Å². The smallest absolute Gasteiger partial charge is 0.187 e. The summed E-state index contributed by atoms with van der Waals surface area (Å²) in [7, 11) is 0. The van der Waals surface area contributed by atoms with Crippen LogP contribution >= 0.6 is 0 Å². The van der Waals surface area contributed by atoms with E-state index < -0.39 is 98.7 Å². The molecule has 3 saturated heterocycles. The van der Waals surface area contributed by atoms with Gasteiger partial charge in [0.15, 0.2) is 18.9 Å². The van der Waals surface area contributed by atoms with Gasteiger partial charge in [-0.15, -0.1) is 0 Å². The molecule has 340 valence electrons. The Bertz CT molecular complexity index is 1430. The zero-order valence-corrected chi connectivity index (χ0v) is 36.3. The minimum atomic E-state index is -1.70. The Morgan fingerprint density at radius 3 is 1.92 bits per heavy atom. The normalized spacial score (nSPS) is 52.0. The number of fused-ring (bicyclic) bond motifs is 5. The first-order valence-electron chi connectivity index (χ1n) is 22.9. The van der Waals surface area contributed by atoms with Gasteiger partial charge in [0.1, 0.15) is 61.0 Å². The van der Waals surface area contributed by atoms with Crippen molar-refractivity contribution in [3.05, 3.63) is 11.6 Å². The van der Waals surface area contributed by atoms with E-state index in [1.165, 1.54) is 64.4 Å². The van der Waals surface area contributed by atoms with Gasteiger partial charge in [-0.1, -0.05) is 65.5 Å². The molecule has 0 amide bonds. The van der Waals surface area contributed by atoms with Crippen molar-refractivity contribution in [3.63, 3.8) is 0 Å². The van der Waals surface area contributed by atoms with Gasteiger partial charge in [-0.3, -0.25) is 0 Å². The Labute approximate surface area is 350 Å². The summed E-state index contributed by atoms with van der Waals surface area (Å²) in [5, 5.41) is 85.7. The maximum Gasteiger partial charge on any atom is 0.187 e. The standard InChI is InChI=1S/C45H76O14/c1-21(2)9-8-10-22(3)28-13-14-29-27-12-11-25-19-26(15-17-44(25,6)30(27)16-18-45(28,29)7)56-43-40(59-42-37(52)35(50)33(48)24(5)55-42)38(53)39(31(20-46)57-43)58-41-36(51)34(49)32(47)23(4)54-41/h11,21-24,26-43,46-53H,8-10,12-20H2,1-7H3/t22-,23+,24+,26+,27+,28-,29+,30+,31-,32+,33+,34-,35-,36-,37-,38+,39-,40-,41+,42+,43-,44+,45-/m1/s1. The molecule has 8 N–H and O–H groups in total. The maximum absolute atomic E-state index is 12.0. The van der Waals surface area contributed by atoms with E-state index in [0.717, 1.165) is 42.9 Å². The van der Waals surface area contributed by atoms with E-state index in [1.54, 1.807) is 0 Å². The molecule has 7 aliphatic rings. The lowest BCUT2D eigenvalue weighted by Crippen LogP contribution is -2.66. The van der Waals surface area contributed by atoms with E-state index in [1.807, 2.05) is 0 Å². The fourth-order valence-corrected chi connectivity index (χ4v) is 13.0. The van der Waals surface area contributed by atoms with Crippen LogP contribution in [-0.4, -0.2) is 146 Å². The van der Waals surface area contributed by atoms with Gasteiger partial charge in [0.05, 0.1) is 24.9 Å². The molecule has 14 heteroatoms. The summed E-state index contributed by atoms with van der Waals surface area (Å²) in [5.41, 5.74) is 1.82. The number of aliphatic hydroxyl groups is 8. The predicted molar refractivity (Wildman–Crippen MR) is 214 cm³/mol. The summed E-state index contributed by atoms with van der Waals surface area (Å²) < 4.78 is 36.6. The van der Waals surface area contributed by atoms with Crippen LogP contribution in [0.1, 0.15) is 119 Å². The molecule has 23 atom stereocenters. The first-order chi connectivity index (χ1) is 27.9. The summed E-state index contributed by atoms with van der Waals surface area (Å²) in [6.45, 7) is 14.6. The van der Waals surface area contributed by atoms with Crippen molar-refractivity contribution in [2.45, 2.75) is 217 Å². The minimum Gasteiger partial charge on any atom is -0.394 e. The van der Waals surface area contributed by atoms with Crippen molar-refractivity contribution in [3.8, 4) is 0 Å². The Morgan fingerprint density at radius 1 is 0.678 bits per heavy atom. The molecule has 3 heterocycles. The number of hydrogen-bond donors (Lipinski definition) is 8. The highest BCUT2D eigenvalue weighted by molar-refractivity contribution is 5.25. The van der Waals surface area contributed by atoms with Crippen molar-refractivity contribution in [1.29, 1.82) is 0 Å². The third-order valence-corrected chi connectivity index (χ3v) is 16.6. The SMILES string of the molecule is CC(C)CCC[C@@H](C)[C@H]1CC[C@H]2[C@@H]3CC=C4C[C@@H](O[C@@H]5O[C@H](CO)[C@@H](O[C@@H]6O[C@@H](C)[C@H](O)[C@@H](O)[C@H]6O)[C@H](O)[C@H]5O[C@@H]5O[C@@H](C)[C@H](O)[C@@H](O)[C@H]5O)CC[C@]4(C)[C@H]3CC[C@]12C. The Kier molecular flexibility index (Phi) is 14.4. The van der Waals surface area contributed by atoms with Gasteiger partial charge in [-0.25, -0.2) is 0 Å². The van der Waals surface area contributed by atoms with Crippen LogP contribution in [0.3, 0.4) is 0 Å². The molecule has 0 aromatic rings. The molecule has 0 bridgehead atoms. The molecule has 4 aliphatic carbocycles. The lowest BCUT2D eigenvalue weighted by atomic mass is 9.47. The van der Waals surface area contributed by atoms with Crippen LogP contribution in [0.5, 0.6) is 0 Å². The molecule has 0 radical (unpaired) electrons. The Hall–Kier alpha value is -0.820. The van der Waals surface area contributed by atoms with Gasteiger partial charge < -0.3 is 69.3 Å². The average molecular weight is 841 g/mol. The van der Waals surface area contributed by atoms with Gasteiger partial charge in [0.25, 0.3) is 0 Å². The lowest BCUT2D eigenvalue weighted by molar-refractivity contribution is -0.388. The number of aliphatic hydroxyl groups excluding tert-OH is 8. The zero-order valence-electron chi connectivity index (χ0n) is 36.3. The zero-order chi connectivity index (χ0) is 42.7. The molecule has 6 fully saturated rings. The summed E-state index contributed by atoms with van der Waals surface area (Å²) >= 11 is 0. The van der Waals surface area contributed by atoms with Crippen molar-refractivity contribution in [1.82, 2.24) is 0 Å². The molecule has 0 spiro atoms. The second kappa shape index (κ2) is 18.3. The number of ether oxygens (including phenoxy) is 6. The van der Waals surface area contributed by atoms with E-state index in [4.69, 9.17) is 28.4 Å². The van der Waals surface area contributed by atoms with E-state index in [-0.39, 0.29) is 11.5 Å². The molecule has 0 unspecified atom stereocenters. The fraction of sp³-hybridized carbons (Fsp3) is 0.956. The molecule has 0 aromatic heterocycles. The van der Waals surface area contributed by atoms with Gasteiger partial charge in [-0.05, 0) is 112 Å². The number of hydrogen-bond acceptors (Lipinski definition) is 14. The first kappa shape index (κ1) is 46.2. The third-order valence-electron chi connectivity index (χ3n) is 16.6. The van der Waals surface area contributed by atoms with Crippen molar-refractivity contribution in [2.75, 3.05) is 6.61 Å². The van der Waals surface area contributed by atoms with Crippen LogP contribution in [0.4, 0.5) is 0 Å². The second-order valence-corrected chi connectivity index (χ2v) is 20.6. The van der Waals surface area contributed by atoms with Crippen molar-refractivity contribution < 1.29 is 69.3 Å². The van der Waals surface area contributed by atoms with Crippen LogP contribution in [0.2, 0.25) is 0 Å². The monoisotopic (exact) mass is 841 g/mol. The highest BCUT2D eigenvalue weighted by Gasteiger charge is 2.60. The molecule has 7 rings (SSSR count). The summed E-state index contributed by atoms with van der Waals surface area (Å²) in [6, 6.07) is 0. The number of allylic oxidation sites excluding steroid dienone is 1. The second-order valence-electron chi connectivity index (χ2n) is 20.6. The highest BCUT2D eigenvalue weighted by atomic mass is 16.8. The van der Waals surface area contributed by atoms with Crippen molar-refractivity contribution >= 4 is 0 Å². The van der Waals surface area contributed by atoms with E-state index >= 15 is 0 Å². The topological polar surface area (TPSA) is 217 Å². The van der Waals surface area contributed by atoms with Crippen LogP contribution < -0.4 is 0 Å². The molecule has 0 aromatic carbocycles. The summed E-state index contributed by atoms with van der Waals surface area (Å²) in [6.07, 6.45) is -6.56. The van der Waals surface area contributed by atoms with Gasteiger partial charge in [0.2, 0.25) is 0 Å². The molecule has 59 heavy (non-hydrogen) atoms. The lowest BCUT2D eigenvalue weighted by Gasteiger charge is -2.58. The van der Waals surface area contributed by atoms with E-state index in [9.17, 15) is 40.9 Å². The van der Waals surface area contributed by atoms with Gasteiger partial charge in [0, 0.05) is 0 Å². The Balaban J connectivity index is 1.07. The third kappa shape index (κ3) is 8.73. The predicted octanol–water partition coefficient (Wildman–Crippen LogP) is 2.92. The average Bonchev–Trinajstić information content (AvgIpc) is 3.56. The quantitative estimate of drug-likeness (QED) is 0.133. The molecule has 3 aliphatic heterocycles. The minimum absolute atomic E-state index is 0.0454. The van der Waals surface area contributed by atoms with Crippen LogP contribution in [0.15, 0.2) is 11.6 Å². The first-order valence-corrected chi connectivity index (χ1v) is 22.9. The van der Waals surface area contributed by atoms with Crippen molar-refractivity contribution in [2.24, 2.45) is 46.3 Å². The molecule has 14 nitrogen and oxygen atoms in total. The van der Waals surface area contributed by atoms with Crippen LogP contribution in [-0.2, 0) is 28.4 Å². The highest BCUT2D eigenvalue weighted by Crippen LogP contribution is 2.67. The summed E-state index contributed by atoms with van der Waals surface area (Å²) in [4.78, 5) is 0. The van der Waals surface area contributed by atoms with Crippen LogP contribution in [0, 0.1) is 46.3 Å². The maximum atomic E-state index is 12.0. The van der Waals surface area contributed by atoms with Gasteiger partial charge in [-0.2, -0.15) is 0 Å².